The minimum absolute atomic E-state index is 0.131. The Morgan fingerprint density at radius 3 is 2.74 bits per heavy atom. The van der Waals surface area contributed by atoms with Crippen molar-refractivity contribution in [2.45, 2.75) is 6.92 Å². The molecule has 0 saturated carbocycles. The van der Waals surface area contributed by atoms with Crippen molar-refractivity contribution in [2.24, 2.45) is 5.73 Å². The van der Waals surface area contributed by atoms with Crippen molar-refractivity contribution in [3.8, 4) is 5.75 Å². The van der Waals surface area contributed by atoms with Crippen LogP contribution in [-0.2, 0) is 9.59 Å². The molecule has 0 saturated heterocycles. The molecule has 0 bridgehead atoms. The standard InChI is InChI=1S/C12H16BrN3O3/c1-2-19-10-4-3-8(13)5-9(10)16-12(18)7-15-11(17)6-14/h3-5H,2,6-7,14H2,1H3,(H,15,17)(H,16,18). The van der Waals surface area contributed by atoms with Crippen LogP contribution < -0.4 is 21.1 Å². The van der Waals surface area contributed by atoms with Crippen molar-refractivity contribution in [2.75, 3.05) is 25.0 Å². The van der Waals surface area contributed by atoms with Gasteiger partial charge in [0.2, 0.25) is 11.8 Å². The van der Waals surface area contributed by atoms with E-state index in [1.165, 1.54) is 0 Å². The van der Waals surface area contributed by atoms with Gasteiger partial charge in [-0.05, 0) is 25.1 Å². The Labute approximate surface area is 119 Å². The highest BCUT2D eigenvalue weighted by Crippen LogP contribution is 2.28. The third kappa shape index (κ3) is 5.27. The number of nitrogens with two attached hydrogens (primary N) is 1. The topological polar surface area (TPSA) is 93.5 Å². The Hall–Kier alpha value is -1.60. The van der Waals surface area contributed by atoms with E-state index in [1.807, 2.05) is 13.0 Å². The van der Waals surface area contributed by atoms with Crippen LogP contribution in [0.4, 0.5) is 5.69 Å². The van der Waals surface area contributed by atoms with E-state index in [1.54, 1.807) is 12.1 Å². The number of hydrogen-bond donors (Lipinski definition) is 3. The Bertz CT molecular complexity index is 466. The summed E-state index contributed by atoms with van der Waals surface area (Å²) >= 11 is 3.32. The molecule has 0 aliphatic carbocycles. The molecule has 1 aromatic carbocycles. The summed E-state index contributed by atoms with van der Waals surface area (Å²) in [5, 5.41) is 5.06. The molecule has 0 aromatic heterocycles. The maximum absolute atomic E-state index is 11.7. The molecule has 6 nitrogen and oxygen atoms in total. The van der Waals surface area contributed by atoms with Gasteiger partial charge in [-0.3, -0.25) is 9.59 Å². The van der Waals surface area contributed by atoms with Crippen LogP contribution in [0.1, 0.15) is 6.92 Å². The van der Waals surface area contributed by atoms with Crippen LogP contribution in [0.2, 0.25) is 0 Å². The number of halogens is 1. The van der Waals surface area contributed by atoms with Gasteiger partial charge in [0.05, 0.1) is 25.4 Å². The number of carbonyl (C=O) groups is 2. The lowest BCUT2D eigenvalue weighted by Gasteiger charge is -2.12. The van der Waals surface area contributed by atoms with Gasteiger partial charge in [-0.1, -0.05) is 15.9 Å². The molecular formula is C12H16BrN3O3. The van der Waals surface area contributed by atoms with Gasteiger partial charge in [0.25, 0.3) is 0 Å². The summed E-state index contributed by atoms with van der Waals surface area (Å²) in [4.78, 5) is 22.6. The molecule has 0 aliphatic rings. The van der Waals surface area contributed by atoms with Crippen LogP contribution in [0, 0.1) is 0 Å². The summed E-state index contributed by atoms with van der Waals surface area (Å²) in [7, 11) is 0. The summed E-state index contributed by atoms with van der Waals surface area (Å²) in [5.74, 6) is -0.153. The third-order valence-electron chi connectivity index (χ3n) is 2.15. The highest BCUT2D eigenvalue weighted by molar-refractivity contribution is 9.10. The molecule has 7 heteroatoms. The third-order valence-corrected chi connectivity index (χ3v) is 2.64. The van der Waals surface area contributed by atoms with Crippen molar-refractivity contribution in [1.29, 1.82) is 0 Å². The summed E-state index contributed by atoms with van der Waals surface area (Å²) in [6.07, 6.45) is 0. The molecule has 1 aromatic rings. The van der Waals surface area contributed by atoms with Crippen LogP contribution in [-0.4, -0.2) is 31.5 Å². The fourth-order valence-corrected chi connectivity index (χ4v) is 1.69. The Balaban J connectivity index is 2.67. The van der Waals surface area contributed by atoms with Crippen LogP contribution in [0.3, 0.4) is 0 Å². The molecule has 0 atom stereocenters. The lowest BCUT2D eigenvalue weighted by molar-refractivity contribution is -0.123. The summed E-state index contributed by atoms with van der Waals surface area (Å²) < 4.78 is 6.21. The lowest BCUT2D eigenvalue weighted by atomic mass is 10.3. The Kier molecular flexibility index (Phi) is 6.31. The molecule has 4 N–H and O–H groups in total. The number of rotatable bonds is 6. The fourth-order valence-electron chi connectivity index (χ4n) is 1.33. The number of amides is 2. The molecule has 0 fully saturated rings. The first-order valence-electron chi connectivity index (χ1n) is 5.75. The summed E-state index contributed by atoms with van der Waals surface area (Å²) in [6, 6.07) is 5.30. The molecule has 104 valence electrons. The SMILES string of the molecule is CCOc1ccc(Br)cc1NC(=O)CNC(=O)CN. The van der Waals surface area contributed by atoms with E-state index in [9.17, 15) is 9.59 Å². The van der Waals surface area contributed by atoms with Gasteiger partial charge >= 0.3 is 0 Å². The van der Waals surface area contributed by atoms with Crippen LogP contribution in [0.5, 0.6) is 5.75 Å². The Morgan fingerprint density at radius 1 is 1.37 bits per heavy atom. The summed E-state index contributed by atoms with van der Waals surface area (Å²) in [6.45, 7) is 2.08. The van der Waals surface area contributed by atoms with Crippen molar-refractivity contribution in [1.82, 2.24) is 5.32 Å². The van der Waals surface area contributed by atoms with Crippen molar-refractivity contribution in [3.05, 3.63) is 22.7 Å². The zero-order chi connectivity index (χ0) is 14.3. The zero-order valence-corrected chi connectivity index (χ0v) is 12.1. The van der Waals surface area contributed by atoms with Crippen molar-refractivity contribution < 1.29 is 14.3 Å². The van der Waals surface area contributed by atoms with Gasteiger partial charge < -0.3 is 21.1 Å². The second-order valence-corrected chi connectivity index (χ2v) is 4.52. The molecule has 2 amide bonds. The van der Waals surface area contributed by atoms with E-state index in [2.05, 4.69) is 26.6 Å². The van der Waals surface area contributed by atoms with Gasteiger partial charge in [-0.25, -0.2) is 0 Å². The second kappa shape index (κ2) is 7.75. The minimum atomic E-state index is -0.380. The normalized spacial score (nSPS) is 9.84. The number of ether oxygens (including phenoxy) is 1. The number of carbonyl (C=O) groups excluding carboxylic acids is 2. The van der Waals surface area contributed by atoms with E-state index in [0.717, 1.165) is 4.47 Å². The number of hydrogen-bond acceptors (Lipinski definition) is 4. The lowest BCUT2D eigenvalue weighted by Crippen LogP contribution is -2.36. The van der Waals surface area contributed by atoms with E-state index < -0.39 is 0 Å². The van der Waals surface area contributed by atoms with E-state index in [0.29, 0.717) is 18.0 Å². The van der Waals surface area contributed by atoms with Crippen LogP contribution in [0.25, 0.3) is 0 Å². The van der Waals surface area contributed by atoms with Gasteiger partial charge in [-0.15, -0.1) is 0 Å². The van der Waals surface area contributed by atoms with Gasteiger partial charge in [0.15, 0.2) is 0 Å². The first-order chi connectivity index (χ1) is 9.06. The number of anilines is 1. The molecule has 0 heterocycles. The zero-order valence-electron chi connectivity index (χ0n) is 10.5. The molecule has 1 rings (SSSR count). The maximum Gasteiger partial charge on any atom is 0.243 e. The highest BCUT2D eigenvalue weighted by Gasteiger charge is 2.09. The largest absolute Gasteiger partial charge is 0.492 e. The predicted molar refractivity (Wildman–Crippen MR) is 76.0 cm³/mol. The highest BCUT2D eigenvalue weighted by atomic mass is 79.9. The van der Waals surface area contributed by atoms with E-state index >= 15 is 0 Å². The monoisotopic (exact) mass is 329 g/mol. The smallest absolute Gasteiger partial charge is 0.243 e. The second-order valence-electron chi connectivity index (χ2n) is 3.60. The van der Waals surface area contributed by atoms with Gasteiger partial charge in [-0.2, -0.15) is 0 Å². The van der Waals surface area contributed by atoms with Gasteiger partial charge in [0, 0.05) is 4.47 Å². The molecule has 0 unspecified atom stereocenters. The maximum atomic E-state index is 11.7. The van der Waals surface area contributed by atoms with Crippen LogP contribution in [0.15, 0.2) is 22.7 Å². The average molecular weight is 330 g/mol. The van der Waals surface area contributed by atoms with Crippen molar-refractivity contribution >= 4 is 33.4 Å². The Morgan fingerprint density at radius 2 is 2.11 bits per heavy atom. The fraction of sp³-hybridized carbons (Fsp3) is 0.333. The van der Waals surface area contributed by atoms with Crippen LogP contribution >= 0.6 is 15.9 Å². The quantitative estimate of drug-likeness (QED) is 0.721. The van der Waals surface area contributed by atoms with Gasteiger partial charge in [0.1, 0.15) is 5.75 Å². The number of benzene rings is 1. The molecule has 19 heavy (non-hydrogen) atoms. The van der Waals surface area contributed by atoms with E-state index in [4.69, 9.17) is 10.5 Å². The molecule has 0 spiro atoms. The minimum Gasteiger partial charge on any atom is -0.492 e. The summed E-state index contributed by atoms with van der Waals surface area (Å²) in [5.41, 5.74) is 5.67. The average Bonchev–Trinajstić information content (AvgIpc) is 2.39. The predicted octanol–water partition coefficient (Wildman–Crippen LogP) is 0.861. The molecule has 0 radical (unpaired) electrons. The first-order valence-corrected chi connectivity index (χ1v) is 6.55. The van der Waals surface area contributed by atoms with Crippen molar-refractivity contribution in [3.63, 3.8) is 0 Å². The van der Waals surface area contributed by atoms with E-state index in [-0.39, 0.29) is 24.9 Å². The first kappa shape index (κ1) is 15.5. The number of nitrogens with one attached hydrogen (secondary N) is 2. The molecule has 0 aliphatic heterocycles. The molecular weight excluding hydrogens is 314 g/mol.